The first-order chi connectivity index (χ1) is 17.6. The lowest BCUT2D eigenvalue weighted by Gasteiger charge is -2.35. The van der Waals surface area contributed by atoms with Crippen molar-refractivity contribution in [3.63, 3.8) is 0 Å². The maximum atomic E-state index is 13.9. The number of hydrogen-bond acceptors (Lipinski definition) is 5. The van der Waals surface area contributed by atoms with E-state index in [4.69, 9.17) is 16.0 Å². The van der Waals surface area contributed by atoms with E-state index in [1.54, 1.807) is 24.3 Å². The number of halogens is 4. The minimum absolute atomic E-state index is 0.0898. The molecule has 37 heavy (non-hydrogen) atoms. The Bertz CT molecular complexity index is 1690. The second-order valence-electron chi connectivity index (χ2n) is 9.41. The minimum Gasteiger partial charge on any atom is -0.505 e. The van der Waals surface area contributed by atoms with Crippen molar-refractivity contribution in [3.8, 4) is 11.4 Å². The summed E-state index contributed by atoms with van der Waals surface area (Å²) in [6.07, 6.45) is -0.898. The van der Waals surface area contributed by atoms with E-state index in [0.29, 0.717) is 39.7 Å². The van der Waals surface area contributed by atoms with Gasteiger partial charge in [-0.05, 0) is 60.9 Å². The van der Waals surface area contributed by atoms with Crippen LogP contribution in [0.5, 0.6) is 5.75 Å². The highest BCUT2D eigenvalue weighted by Gasteiger charge is 2.47. The number of aromatic nitrogens is 1. The van der Waals surface area contributed by atoms with Gasteiger partial charge in [-0.2, -0.15) is 13.2 Å². The lowest BCUT2D eigenvalue weighted by atomic mass is 9.68. The molecule has 6 rings (SSSR count). The minimum atomic E-state index is -4.53. The molecule has 5 nitrogen and oxygen atoms in total. The Morgan fingerprint density at radius 2 is 1.70 bits per heavy atom. The van der Waals surface area contributed by atoms with Crippen LogP contribution in [0.4, 0.5) is 13.2 Å². The molecule has 0 unspecified atom stereocenters. The second kappa shape index (κ2) is 8.43. The zero-order chi connectivity index (χ0) is 26.1. The van der Waals surface area contributed by atoms with Crippen LogP contribution in [0.25, 0.3) is 16.7 Å². The summed E-state index contributed by atoms with van der Waals surface area (Å²) in [5.74, 6) is -0.524. The summed E-state index contributed by atoms with van der Waals surface area (Å²) in [5.41, 5.74) is -1.86. The van der Waals surface area contributed by atoms with Crippen molar-refractivity contribution in [1.29, 1.82) is 0 Å². The number of hydrogen-bond donors (Lipinski definition) is 1. The molecule has 2 aromatic heterocycles. The normalized spacial score (nSPS) is 16.2. The molecular formula is C27H19ClF3NO4S. The van der Waals surface area contributed by atoms with Crippen LogP contribution in [-0.4, -0.2) is 9.67 Å². The Labute approximate surface area is 217 Å². The molecule has 0 radical (unpaired) electrons. The summed E-state index contributed by atoms with van der Waals surface area (Å²) in [6.45, 7) is 0. The molecule has 1 N–H and O–H groups in total. The van der Waals surface area contributed by atoms with E-state index in [0.717, 1.165) is 43.2 Å². The molecule has 1 saturated carbocycles. The summed E-state index contributed by atoms with van der Waals surface area (Å²) >= 11 is 6.85. The van der Waals surface area contributed by atoms with Gasteiger partial charge in [0.2, 0.25) is 0 Å². The highest BCUT2D eigenvalue weighted by Crippen LogP contribution is 2.52. The molecule has 0 atom stereocenters. The molecule has 1 spiro atoms. The molecule has 0 amide bonds. The van der Waals surface area contributed by atoms with Gasteiger partial charge in [0.25, 0.3) is 5.56 Å². The Hall–Kier alpha value is -3.17. The van der Waals surface area contributed by atoms with Crippen LogP contribution in [0.15, 0.2) is 72.3 Å². The van der Waals surface area contributed by atoms with Crippen LogP contribution in [-0.2, 0) is 11.6 Å². The van der Waals surface area contributed by atoms with Crippen molar-refractivity contribution in [2.24, 2.45) is 0 Å². The molecule has 3 heterocycles. The Kier molecular flexibility index (Phi) is 5.51. The van der Waals surface area contributed by atoms with Crippen LogP contribution < -0.4 is 11.2 Å². The monoisotopic (exact) mass is 545 g/mol. The molecule has 1 aliphatic heterocycles. The van der Waals surface area contributed by atoms with Gasteiger partial charge in [-0.3, -0.25) is 9.36 Å². The SMILES string of the molecule is O=c1oc2cc3n(c(=O)c2c(O)c1Sc1ccc(Cl)cc1)-c1ccc(C(F)(F)F)cc1C31CCCCC1. The molecule has 190 valence electrons. The summed E-state index contributed by atoms with van der Waals surface area (Å²) in [6, 6.07) is 11.5. The number of aromatic hydroxyl groups is 1. The molecule has 1 fully saturated rings. The number of benzene rings is 2. The highest BCUT2D eigenvalue weighted by atomic mass is 35.5. The van der Waals surface area contributed by atoms with Crippen molar-refractivity contribution in [2.75, 3.05) is 0 Å². The van der Waals surface area contributed by atoms with Gasteiger partial charge in [-0.25, -0.2) is 4.79 Å². The quantitative estimate of drug-likeness (QED) is 0.292. The molecule has 0 bridgehead atoms. The standard InChI is InChI=1S/C27H19ClF3NO4S/c28-15-5-7-16(8-6-15)37-23-22(33)21-19(36-25(23)35)13-20-26(10-2-1-3-11-26)17-12-14(27(29,30)31)4-9-18(17)32(20)24(21)34/h4-9,12-13,33H,1-3,10-11H2. The zero-order valence-corrected chi connectivity index (χ0v) is 20.8. The first-order valence-corrected chi connectivity index (χ1v) is 12.9. The number of rotatable bonds is 2. The van der Waals surface area contributed by atoms with Gasteiger partial charge in [0.15, 0.2) is 5.75 Å². The first kappa shape index (κ1) is 24.2. The highest BCUT2D eigenvalue weighted by molar-refractivity contribution is 7.99. The number of alkyl halides is 3. The van der Waals surface area contributed by atoms with Crippen molar-refractivity contribution < 1.29 is 22.7 Å². The number of fused-ring (bicyclic) bond motifs is 6. The molecule has 1 aliphatic carbocycles. The van der Waals surface area contributed by atoms with E-state index in [9.17, 15) is 27.9 Å². The lowest BCUT2D eigenvalue weighted by Crippen LogP contribution is -2.31. The van der Waals surface area contributed by atoms with Crippen molar-refractivity contribution >= 4 is 34.3 Å². The smallest absolute Gasteiger partial charge is 0.416 e. The topological polar surface area (TPSA) is 72.4 Å². The summed E-state index contributed by atoms with van der Waals surface area (Å²) in [7, 11) is 0. The molecular weight excluding hydrogens is 527 g/mol. The van der Waals surface area contributed by atoms with Crippen LogP contribution >= 0.6 is 23.4 Å². The molecule has 4 aromatic rings. The van der Waals surface area contributed by atoms with Crippen molar-refractivity contribution in [1.82, 2.24) is 4.57 Å². The fourth-order valence-electron chi connectivity index (χ4n) is 5.65. The van der Waals surface area contributed by atoms with Crippen molar-refractivity contribution in [3.05, 3.63) is 91.1 Å². The summed E-state index contributed by atoms with van der Waals surface area (Å²) in [5, 5.41) is 11.4. The van der Waals surface area contributed by atoms with Gasteiger partial charge >= 0.3 is 11.8 Å². The van der Waals surface area contributed by atoms with Gasteiger partial charge in [0.05, 0.1) is 11.3 Å². The van der Waals surface area contributed by atoms with E-state index < -0.39 is 34.1 Å². The van der Waals surface area contributed by atoms with Crippen LogP contribution in [0.3, 0.4) is 0 Å². The van der Waals surface area contributed by atoms with Gasteiger partial charge in [-0.15, -0.1) is 0 Å². The van der Waals surface area contributed by atoms with Crippen LogP contribution in [0, 0.1) is 0 Å². The van der Waals surface area contributed by atoms with Gasteiger partial charge in [0.1, 0.15) is 15.9 Å². The van der Waals surface area contributed by atoms with E-state index in [2.05, 4.69) is 0 Å². The van der Waals surface area contributed by atoms with Crippen molar-refractivity contribution in [2.45, 2.75) is 53.5 Å². The average molecular weight is 546 g/mol. The van der Waals surface area contributed by atoms with Crippen LogP contribution in [0.1, 0.15) is 48.9 Å². The third kappa shape index (κ3) is 3.70. The van der Waals surface area contributed by atoms with E-state index in [1.807, 2.05) is 0 Å². The maximum Gasteiger partial charge on any atom is 0.416 e. The van der Waals surface area contributed by atoms with E-state index in [-0.39, 0.29) is 15.9 Å². The number of nitrogens with zero attached hydrogens (tertiary/aromatic N) is 1. The molecule has 0 saturated heterocycles. The largest absolute Gasteiger partial charge is 0.505 e. The number of pyridine rings is 1. The summed E-state index contributed by atoms with van der Waals surface area (Å²) < 4.78 is 47.8. The Morgan fingerprint density at radius 3 is 2.38 bits per heavy atom. The third-order valence-electron chi connectivity index (χ3n) is 7.32. The second-order valence-corrected chi connectivity index (χ2v) is 10.9. The molecule has 10 heteroatoms. The zero-order valence-electron chi connectivity index (χ0n) is 19.2. The maximum absolute atomic E-state index is 13.9. The molecule has 2 aliphatic rings. The van der Waals surface area contributed by atoms with Gasteiger partial charge < -0.3 is 9.52 Å². The van der Waals surface area contributed by atoms with Gasteiger partial charge in [-0.1, -0.05) is 42.6 Å². The van der Waals surface area contributed by atoms with E-state index in [1.165, 1.54) is 16.7 Å². The first-order valence-electron chi connectivity index (χ1n) is 11.7. The van der Waals surface area contributed by atoms with E-state index >= 15 is 0 Å². The lowest BCUT2D eigenvalue weighted by molar-refractivity contribution is -0.137. The Morgan fingerprint density at radius 1 is 1.00 bits per heavy atom. The Balaban J connectivity index is 1.61. The fourth-order valence-corrected chi connectivity index (χ4v) is 6.61. The average Bonchev–Trinajstić information content (AvgIpc) is 3.11. The predicted molar refractivity (Wildman–Crippen MR) is 134 cm³/mol. The fraction of sp³-hybridized carbons (Fsp3) is 0.259. The predicted octanol–water partition coefficient (Wildman–Crippen LogP) is 7.04. The summed E-state index contributed by atoms with van der Waals surface area (Å²) in [4.78, 5) is 27.2. The third-order valence-corrected chi connectivity index (χ3v) is 8.65. The van der Waals surface area contributed by atoms with Gasteiger partial charge in [0, 0.05) is 27.1 Å². The molecule has 2 aromatic carbocycles. The van der Waals surface area contributed by atoms with Crippen LogP contribution in [0.2, 0.25) is 5.02 Å².